The van der Waals surface area contributed by atoms with E-state index >= 15 is 0 Å². The second kappa shape index (κ2) is 5.47. The first kappa shape index (κ1) is 15.9. The molecule has 24 heavy (non-hydrogen) atoms. The Morgan fingerprint density at radius 3 is 2.17 bits per heavy atom. The molecule has 0 saturated heterocycles. The van der Waals surface area contributed by atoms with Gasteiger partial charge in [-0.15, -0.1) is 0 Å². The van der Waals surface area contributed by atoms with Crippen LogP contribution in [0, 0.1) is 6.92 Å². The normalized spacial score (nSPS) is 14.4. The van der Waals surface area contributed by atoms with E-state index in [4.69, 9.17) is 11.6 Å². The molecule has 1 aliphatic carbocycles. The van der Waals surface area contributed by atoms with E-state index in [1.165, 1.54) is 33.4 Å². The molecular weight excluding hydrogens is 380 g/mol. The average molecular weight is 398 g/mol. The fourth-order valence-electron chi connectivity index (χ4n) is 3.75. The zero-order chi connectivity index (χ0) is 17.1. The Labute approximate surface area is 156 Å². The smallest absolute Gasteiger partial charge is 0.0423 e. The second-order valence-electron chi connectivity index (χ2n) is 7.09. The third-order valence-corrected chi connectivity index (χ3v) is 5.70. The number of aryl methyl sites for hydroxylation is 1. The summed E-state index contributed by atoms with van der Waals surface area (Å²) in [5.74, 6) is 0. The molecule has 0 heterocycles. The maximum absolute atomic E-state index is 6.23. The zero-order valence-electron chi connectivity index (χ0n) is 14.0. The minimum atomic E-state index is 0.0164. The van der Waals surface area contributed by atoms with Crippen LogP contribution in [0.4, 0.5) is 0 Å². The van der Waals surface area contributed by atoms with Gasteiger partial charge in [-0.25, -0.2) is 0 Å². The molecule has 0 N–H and O–H groups in total. The van der Waals surface area contributed by atoms with Crippen LogP contribution in [0.3, 0.4) is 0 Å². The molecule has 2 heteroatoms. The van der Waals surface area contributed by atoms with E-state index in [0.29, 0.717) is 0 Å². The Balaban J connectivity index is 1.92. The van der Waals surface area contributed by atoms with Crippen molar-refractivity contribution in [3.63, 3.8) is 0 Å². The van der Waals surface area contributed by atoms with E-state index < -0.39 is 0 Å². The van der Waals surface area contributed by atoms with E-state index in [9.17, 15) is 0 Å². The molecule has 0 fully saturated rings. The van der Waals surface area contributed by atoms with E-state index in [1.54, 1.807) is 0 Å². The first-order chi connectivity index (χ1) is 11.4. The minimum absolute atomic E-state index is 0.0164. The summed E-state index contributed by atoms with van der Waals surface area (Å²) in [6.07, 6.45) is 0. The molecule has 1 aliphatic rings. The SMILES string of the molecule is Cc1ccc2c(c1)C(C)(C)c1cc(-c3cc(Cl)cc(Br)c3)ccc1-2. The third kappa shape index (κ3) is 2.42. The lowest BCUT2D eigenvalue weighted by Gasteiger charge is -2.22. The summed E-state index contributed by atoms with van der Waals surface area (Å²) in [7, 11) is 0. The molecule has 3 aromatic rings. The second-order valence-corrected chi connectivity index (χ2v) is 8.44. The highest BCUT2D eigenvalue weighted by molar-refractivity contribution is 9.10. The Morgan fingerprint density at radius 1 is 0.792 bits per heavy atom. The van der Waals surface area contributed by atoms with Crippen molar-refractivity contribution in [3.8, 4) is 22.3 Å². The standard InChI is InChI=1S/C22H18BrCl/c1-13-4-6-18-19-7-5-14(15-9-16(23)12-17(24)10-15)11-21(19)22(2,3)20(18)8-13/h4-12H,1-3H3. The molecule has 0 unspecified atom stereocenters. The van der Waals surface area contributed by atoms with Gasteiger partial charge in [-0.2, -0.15) is 0 Å². The highest BCUT2D eigenvalue weighted by atomic mass is 79.9. The highest BCUT2D eigenvalue weighted by Crippen LogP contribution is 2.49. The number of benzene rings is 3. The summed E-state index contributed by atoms with van der Waals surface area (Å²) in [5.41, 5.74) is 9.18. The molecule has 0 amide bonds. The van der Waals surface area contributed by atoms with Gasteiger partial charge in [0.15, 0.2) is 0 Å². The van der Waals surface area contributed by atoms with Gasteiger partial charge in [0.1, 0.15) is 0 Å². The van der Waals surface area contributed by atoms with Gasteiger partial charge in [0.25, 0.3) is 0 Å². The third-order valence-electron chi connectivity index (χ3n) is 5.03. The summed E-state index contributed by atoms with van der Waals surface area (Å²) < 4.78 is 1.00. The summed E-state index contributed by atoms with van der Waals surface area (Å²) in [6, 6.07) is 19.6. The maximum Gasteiger partial charge on any atom is 0.0423 e. The van der Waals surface area contributed by atoms with Crippen LogP contribution >= 0.6 is 27.5 Å². The minimum Gasteiger partial charge on any atom is -0.0843 e. The van der Waals surface area contributed by atoms with Crippen molar-refractivity contribution >= 4 is 27.5 Å². The fourth-order valence-corrected chi connectivity index (χ4v) is 4.61. The summed E-state index contributed by atoms with van der Waals surface area (Å²) in [6.45, 7) is 6.79. The van der Waals surface area contributed by atoms with Crippen LogP contribution in [0.5, 0.6) is 0 Å². The van der Waals surface area contributed by atoms with E-state index in [1.807, 2.05) is 12.1 Å². The van der Waals surface area contributed by atoms with Crippen LogP contribution < -0.4 is 0 Å². The lowest BCUT2D eigenvalue weighted by molar-refractivity contribution is 0.660. The molecule has 0 nitrogen and oxygen atoms in total. The van der Waals surface area contributed by atoms with Crippen molar-refractivity contribution in [1.29, 1.82) is 0 Å². The van der Waals surface area contributed by atoms with Crippen molar-refractivity contribution in [2.24, 2.45) is 0 Å². The van der Waals surface area contributed by atoms with E-state index in [2.05, 4.69) is 79.2 Å². The predicted molar refractivity (Wildman–Crippen MR) is 107 cm³/mol. The molecule has 0 atom stereocenters. The molecule has 3 aromatic carbocycles. The number of fused-ring (bicyclic) bond motifs is 3. The summed E-state index contributed by atoms with van der Waals surface area (Å²) >= 11 is 9.78. The van der Waals surface area contributed by atoms with Gasteiger partial charge in [0.2, 0.25) is 0 Å². The molecule has 0 saturated carbocycles. The Bertz CT molecular complexity index is 949. The van der Waals surface area contributed by atoms with Crippen LogP contribution in [0.1, 0.15) is 30.5 Å². The molecular formula is C22H18BrCl. The van der Waals surface area contributed by atoms with Gasteiger partial charge in [0.05, 0.1) is 0 Å². The van der Waals surface area contributed by atoms with Crippen molar-refractivity contribution in [2.45, 2.75) is 26.2 Å². The van der Waals surface area contributed by atoms with Crippen LogP contribution in [0.25, 0.3) is 22.3 Å². The topological polar surface area (TPSA) is 0 Å². The molecule has 0 spiro atoms. The predicted octanol–water partition coefficient (Wildman–Crippen LogP) is 7.38. The lowest BCUT2D eigenvalue weighted by atomic mass is 9.81. The van der Waals surface area contributed by atoms with Crippen molar-refractivity contribution in [2.75, 3.05) is 0 Å². The molecule has 0 aromatic heterocycles. The van der Waals surface area contributed by atoms with Crippen molar-refractivity contribution in [1.82, 2.24) is 0 Å². The lowest BCUT2D eigenvalue weighted by Crippen LogP contribution is -2.15. The Hall–Kier alpha value is -1.57. The zero-order valence-corrected chi connectivity index (χ0v) is 16.3. The van der Waals surface area contributed by atoms with Gasteiger partial charge in [-0.1, -0.05) is 77.3 Å². The van der Waals surface area contributed by atoms with Crippen LogP contribution in [0.15, 0.2) is 59.1 Å². The monoisotopic (exact) mass is 396 g/mol. The van der Waals surface area contributed by atoms with E-state index in [-0.39, 0.29) is 5.41 Å². The number of hydrogen-bond donors (Lipinski definition) is 0. The molecule has 0 aliphatic heterocycles. The first-order valence-corrected chi connectivity index (χ1v) is 9.26. The van der Waals surface area contributed by atoms with Gasteiger partial charge < -0.3 is 0 Å². The largest absolute Gasteiger partial charge is 0.0843 e. The highest BCUT2D eigenvalue weighted by Gasteiger charge is 2.35. The van der Waals surface area contributed by atoms with Crippen LogP contribution in [0.2, 0.25) is 5.02 Å². The Morgan fingerprint density at radius 2 is 1.46 bits per heavy atom. The van der Waals surface area contributed by atoms with Gasteiger partial charge in [-0.3, -0.25) is 0 Å². The van der Waals surface area contributed by atoms with Crippen molar-refractivity contribution in [3.05, 3.63) is 80.8 Å². The summed E-state index contributed by atoms with van der Waals surface area (Å²) in [4.78, 5) is 0. The average Bonchev–Trinajstić information content (AvgIpc) is 2.74. The quantitative estimate of drug-likeness (QED) is 0.401. The van der Waals surface area contributed by atoms with E-state index in [0.717, 1.165) is 15.1 Å². The van der Waals surface area contributed by atoms with Crippen LogP contribution in [-0.4, -0.2) is 0 Å². The maximum atomic E-state index is 6.23. The van der Waals surface area contributed by atoms with Crippen LogP contribution in [-0.2, 0) is 5.41 Å². The van der Waals surface area contributed by atoms with Gasteiger partial charge in [0, 0.05) is 14.9 Å². The molecule has 120 valence electrons. The summed E-state index contributed by atoms with van der Waals surface area (Å²) in [5, 5.41) is 0.748. The number of hydrogen-bond acceptors (Lipinski definition) is 0. The number of rotatable bonds is 1. The van der Waals surface area contributed by atoms with Gasteiger partial charge >= 0.3 is 0 Å². The Kier molecular flexibility index (Phi) is 3.63. The van der Waals surface area contributed by atoms with Crippen molar-refractivity contribution < 1.29 is 0 Å². The first-order valence-electron chi connectivity index (χ1n) is 8.09. The molecule has 0 bridgehead atoms. The van der Waals surface area contributed by atoms with Gasteiger partial charge in [-0.05, 0) is 64.6 Å². The molecule has 4 rings (SSSR count). The number of halogens is 2. The fraction of sp³-hybridized carbons (Fsp3) is 0.182. The molecule has 0 radical (unpaired) electrons.